The quantitative estimate of drug-likeness (QED) is 0.473. The summed E-state index contributed by atoms with van der Waals surface area (Å²) in [6.07, 6.45) is 0. The fraction of sp³-hybridized carbons (Fsp3) is 0.190. The number of tetrazole rings is 1. The van der Waals surface area contributed by atoms with Gasteiger partial charge in [0.05, 0.1) is 33.3 Å². The molecule has 0 bridgehead atoms. The Bertz CT molecular complexity index is 1090. The molecule has 30 heavy (non-hydrogen) atoms. The summed E-state index contributed by atoms with van der Waals surface area (Å²) in [5, 5.41) is 14.5. The zero-order valence-corrected chi connectivity index (χ0v) is 17.7. The molecule has 1 N–H and O–H groups in total. The maximum absolute atomic E-state index is 5.69. The van der Waals surface area contributed by atoms with Crippen molar-refractivity contribution in [3.63, 3.8) is 0 Å². The van der Waals surface area contributed by atoms with Crippen molar-refractivity contribution in [2.45, 2.75) is 0 Å². The van der Waals surface area contributed by atoms with Crippen molar-refractivity contribution in [1.82, 2.24) is 20.6 Å². The molecule has 2 aromatic carbocycles. The molecule has 0 radical (unpaired) electrons. The van der Waals surface area contributed by atoms with E-state index in [0.29, 0.717) is 28.8 Å². The largest absolute Gasteiger partial charge is 0.493 e. The molecule has 8 nitrogen and oxygen atoms in total. The van der Waals surface area contributed by atoms with Gasteiger partial charge in [0.15, 0.2) is 23.0 Å². The Morgan fingerprint density at radius 1 is 0.767 bits per heavy atom. The van der Waals surface area contributed by atoms with Crippen LogP contribution in [-0.2, 0) is 0 Å². The Hall–Kier alpha value is -3.59. The van der Waals surface area contributed by atoms with Gasteiger partial charge in [-0.3, -0.25) is 0 Å². The number of hydrogen-bond acceptors (Lipinski definition) is 8. The number of para-hydroxylation sites is 2. The van der Waals surface area contributed by atoms with Crippen molar-refractivity contribution in [2.75, 3.05) is 28.4 Å². The van der Waals surface area contributed by atoms with Gasteiger partial charge in [0.25, 0.3) is 0 Å². The highest BCUT2D eigenvalue weighted by Gasteiger charge is 2.23. The highest BCUT2D eigenvalue weighted by molar-refractivity contribution is 7.19. The van der Waals surface area contributed by atoms with E-state index in [1.807, 2.05) is 42.5 Å². The van der Waals surface area contributed by atoms with Crippen LogP contribution in [0.3, 0.4) is 0 Å². The molecule has 2 aromatic heterocycles. The van der Waals surface area contributed by atoms with Gasteiger partial charge in [-0.15, -0.1) is 21.5 Å². The fourth-order valence-electron chi connectivity index (χ4n) is 3.33. The second kappa shape index (κ2) is 8.42. The van der Waals surface area contributed by atoms with Gasteiger partial charge in [-0.25, -0.2) is 0 Å². The van der Waals surface area contributed by atoms with Crippen LogP contribution in [0.25, 0.3) is 32.3 Å². The van der Waals surface area contributed by atoms with Gasteiger partial charge in [0.1, 0.15) is 0 Å². The molecule has 4 aromatic rings. The smallest absolute Gasteiger partial charge is 0.214 e. The highest BCUT2D eigenvalue weighted by atomic mass is 32.1. The summed E-state index contributed by atoms with van der Waals surface area (Å²) in [6.45, 7) is 0. The number of benzene rings is 2. The molecule has 0 atom stereocenters. The van der Waals surface area contributed by atoms with Crippen LogP contribution in [0, 0.1) is 0 Å². The van der Waals surface area contributed by atoms with Crippen LogP contribution in [0.5, 0.6) is 23.0 Å². The maximum Gasteiger partial charge on any atom is 0.214 e. The van der Waals surface area contributed by atoms with Crippen LogP contribution in [-0.4, -0.2) is 49.1 Å². The Morgan fingerprint density at radius 2 is 1.40 bits per heavy atom. The van der Waals surface area contributed by atoms with Gasteiger partial charge in [-0.2, -0.15) is 5.21 Å². The lowest BCUT2D eigenvalue weighted by atomic mass is 10.00. The molecule has 0 amide bonds. The predicted octanol–water partition coefficient (Wildman–Crippen LogP) is 4.30. The van der Waals surface area contributed by atoms with Gasteiger partial charge in [-0.05, 0) is 29.5 Å². The maximum atomic E-state index is 5.69. The first-order valence-corrected chi connectivity index (χ1v) is 9.83. The van der Waals surface area contributed by atoms with Crippen LogP contribution in [0.4, 0.5) is 0 Å². The number of aromatic nitrogens is 4. The second-order valence-electron chi connectivity index (χ2n) is 6.17. The van der Waals surface area contributed by atoms with Gasteiger partial charge < -0.3 is 18.9 Å². The zero-order chi connectivity index (χ0) is 21.1. The van der Waals surface area contributed by atoms with Crippen LogP contribution in [0.15, 0.2) is 42.5 Å². The van der Waals surface area contributed by atoms with Crippen LogP contribution < -0.4 is 18.9 Å². The molecular weight excluding hydrogens is 404 g/mol. The molecular formula is C21H20N4O4S. The van der Waals surface area contributed by atoms with Crippen molar-refractivity contribution >= 4 is 11.3 Å². The number of H-pyrrole nitrogens is 1. The predicted molar refractivity (Wildman–Crippen MR) is 115 cm³/mol. The van der Waals surface area contributed by atoms with E-state index in [1.54, 1.807) is 28.4 Å². The molecule has 0 unspecified atom stereocenters. The van der Waals surface area contributed by atoms with Gasteiger partial charge in [0.2, 0.25) is 5.82 Å². The lowest BCUT2D eigenvalue weighted by Crippen LogP contribution is -1.95. The lowest BCUT2D eigenvalue weighted by Gasteiger charge is -2.15. The molecule has 4 rings (SSSR count). The van der Waals surface area contributed by atoms with Gasteiger partial charge in [-0.1, -0.05) is 18.2 Å². The first-order chi connectivity index (χ1) is 14.7. The fourth-order valence-corrected chi connectivity index (χ4v) is 4.46. The van der Waals surface area contributed by atoms with E-state index in [2.05, 4.69) is 20.6 Å². The number of hydrogen-bond donors (Lipinski definition) is 1. The molecule has 0 saturated carbocycles. The van der Waals surface area contributed by atoms with Crippen LogP contribution in [0.1, 0.15) is 0 Å². The normalized spacial score (nSPS) is 10.7. The Kier molecular flexibility index (Phi) is 5.53. The molecule has 9 heteroatoms. The summed E-state index contributed by atoms with van der Waals surface area (Å²) in [5.74, 6) is 3.08. The van der Waals surface area contributed by atoms with Gasteiger partial charge >= 0.3 is 0 Å². The average Bonchev–Trinajstić information content (AvgIpc) is 3.47. The molecule has 0 saturated heterocycles. The minimum atomic E-state index is 0.510. The number of rotatable bonds is 7. The third kappa shape index (κ3) is 3.33. The minimum Gasteiger partial charge on any atom is -0.493 e. The zero-order valence-electron chi connectivity index (χ0n) is 16.9. The molecule has 0 aliphatic rings. The lowest BCUT2D eigenvalue weighted by molar-refractivity contribution is 0.356. The SMILES string of the molecule is COc1cccc(-c2cc(-c3nn[nH]n3)sc2-c2cccc(OC)c2OC)c1OC. The van der Waals surface area contributed by atoms with E-state index in [4.69, 9.17) is 18.9 Å². The monoisotopic (exact) mass is 424 g/mol. The van der Waals surface area contributed by atoms with Crippen molar-refractivity contribution < 1.29 is 18.9 Å². The van der Waals surface area contributed by atoms with Crippen LogP contribution in [0.2, 0.25) is 0 Å². The first-order valence-electron chi connectivity index (χ1n) is 9.02. The summed E-state index contributed by atoms with van der Waals surface area (Å²) in [5.41, 5.74) is 2.70. The van der Waals surface area contributed by atoms with Crippen LogP contribution >= 0.6 is 11.3 Å². The number of aromatic amines is 1. The number of thiophene rings is 1. The van der Waals surface area contributed by atoms with E-state index >= 15 is 0 Å². The average molecular weight is 424 g/mol. The Balaban J connectivity index is 2.01. The second-order valence-corrected chi connectivity index (χ2v) is 7.22. The summed E-state index contributed by atoms with van der Waals surface area (Å²) >= 11 is 1.53. The van der Waals surface area contributed by atoms with E-state index < -0.39 is 0 Å². The van der Waals surface area contributed by atoms with E-state index in [1.165, 1.54) is 11.3 Å². The molecule has 0 fully saturated rings. The Morgan fingerprint density at radius 3 is 1.97 bits per heavy atom. The Labute approximate surface area is 177 Å². The van der Waals surface area contributed by atoms with Crippen molar-refractivity contribution in [3.05, 3.63) is 42.5 Å². The topological polar surface area (TPSA) is 91.4 Å². The number of ether oxygens (including phenoxy) is 4. The molecule has 0 aliphatic heterocycles. The molecule has 2 heterocycles. The highest BCUT2D eigenvalue weighted by Crippen LogP contribution is 2.50. The van der Waals surface area contributed by atoms with Crippen molar-refractivity contribution in [2.24, 2.45) is 0 Å². The summed E-state index contributed by atoms with van der Waals surface area (Å²) in [7, 11) is 6.49. The third-order valence-electron chi connectivity index (χ3n) is 4.64. The van der Waals surface area contributed by atoms with Crippen molar-refractivity contribution in [3.8, 4) is 55.3 Å². The number of nitrogens with one attached hydrogen (secondary N) is 1. The number of nitrogens with zero attached hydrogens (tertiary/aromatic N) is 3. The molecule has 0 spiro atoms. The van der Waals surface area contributed by atoms with E-state index in [-0.39, 0.29) is 0 Å². The minimum absolute atomic E-state index is 0.510. The van der Waals surface area contributed by atoms with E-state index in [9.17, 15) is 0 Å². The van der Waals surface area contributed by atoms with E-state index in [0.717, 1.165) is 26.4 Å². The molecule has 0 aliphatic carbocycles. The standard InChI is InChI=1S/C21H20N4O4S/c1-26-15-9-5-7-12(18(15)28-3)14-11-17(21-22-24-25-23-21)30-20(14)13-8-6-10-16(27-2)19(13)29-4/h5-11H,1-4H3,(H,22,23,24,25). The number of methoxy groups -OCH3 is 4. The summed E-state index contributed by atoms with van der Waals surface area (Å²) < 4.78 is 22.4. The summed E-state index contributed by atoms with van der Waals surface area (Å²) in [6, 6.07) is 13.6. The molecule has 154 valence electrons. The van der Waals surface area contributed by atoms with Crippen molar-refractivity contribution in [1.29, 1.82) is 0 Å². The van der Waals surface area contributed by atoms with Gasteiger partial charge in [0, 0.05) is 21.6 Å². The first kappa shape index (κ1) is 19.7. The summed E-state index contributed by atoms with van der Waals surface area (Å²) in [4.78, 5) is 1.81. The third-order valence-corrected chi connectivity index (χ3v) is 5.80.